The number of carbonyl (C=O) groups excluding carboxylic acids is 2. The number of amides is 1. The molecular weight excluding hydrogens is 276 g/mol. The van der Waals surface area contributed by atoms with Crippen molar-refractivity contribution in [3.63, 3.8) is 0 Å². The van der Waals surface area contributed by atoms with Crippen molar-refractivity contribution >= 4 is 12.2 Å². The van der Waals surface area contributed by atoms with Crippen molar-refractivity contribution in [1.82, 2.24) is 9.80 Å². The van der Waals surface area contributed by atoms with E-state index in [2.05, 4.69) is 4.90 Å². The van der Waals surface area contributed by atoms with Gasteiger partial charge in [0.05, 0.1) is 0 Å². The highest BCUT2D eigenvalue weighted by Crippen LogP contribution is 2.23. The van der Waals surface area contributed by atoms with E-state index in [1.54, 1.807) is 24.3 Å². The molecule has 1 amide bonds. The number of aldehydes is 1. The molecule has 1 aliphatic heterocycles. The molecule has 4 heteroatoms. The maximum absolute atomic E-state index is 12.5. The summed E-state index contributed by atoms with van der Waals surface area (Å²) in [5, 5.41) is 0. The molecule has 1 saturated carbocycles. The van der Waals surface area contributed by atoms with Crippen LogP contribution < -0.4 is 0 Å². The van der Waals surface area contributed by atoms with Crippen LogP contribution in [0.4, 0.5) is 0 Å². The van der Waals surface area contributed by atoms with Gasteiger partial charge in [-0.25, -0.2) is 0 Å². The summed E-state index contributed by atoms with van der Waals surface area (Å²) in [5.41, 5.74) is 1.29. The molecule has 0 N–H and O–H groups in total. The average Bonchev–Trinajstić information content (AvgIpc) is 2.62. The number of nitrogens with zero attached hydrogens (tertiary/aromatic N) is 2. The van der Waals surface area contributed by atoms with E-state index in [9.17, 15) is 9.59 Å². The fourth-order valence-electron chi connectivity index (χ4n) is 3.62. The standard InChI is InChI=1S/C18H24N2O2/c21-14-15-6-8-16(9-7-15)18(22)20-12-10-19(11-13-20)17-4-2-1-3-5-17/h6-9,14,17H,1-5,10-13H2. The summed E-state index contributed by atoms with van der Waals surface area (Å²) >= 11 is 0. The first-order valence-corrected chi connectivity index (χ1v) is 8.36. The van der Waals surface area contributed by atoms with Crippen molar-refractivity contribution in [2.24, 2.45) is 0 Å². The summed E-state index contributed by atoms with van der Waals surface area (Å²) < 4.78 is 0. The molecule has 0 atom stereocenters. The first kappa shape index (κ1) is 15.2. The fraction of sp³-hybridized carbons (Fsp3) is 0.556. The third-order valence-electron chi connectivity index (χ3n) is 4.99. The average molecular weight is 300 g/mol. The van der Waals surface area contributed by atoms with Crippen LogP contribution in [0, 0.1) is 0 Å². The normalized spacial score (nSPS) is 20.8. The molecular formula is C18H24N2O2. The second-order valence-electron chi connectivity index (χ2n) is 6.36. The lowest BCUT2D eigenvalue weighted by atomic mass is 9.94. The summed E-state index contributed by atoms with van der Waals surface area (Å²) in [6.07, 6.45) is 7.53. The van der Waals surface area contributed by atoms with Gasteiger partial charge in [-0.05, 0) is 25.0 Å². The largest absolute Gasteiger partial charge is 0.336 e. The smallest absolute Gasteiger partial charge is 0.253 e. The van der Waals surface area contributed by atoms with Gasteiger partial charge in [-0.15, -0.1) is 0 Å². The number of hydrogen-bond acceptors (Lipinski definition) is 3. The summed E-state index contributed by atoms with van der Waals surface area (Å²) in [6, 6.07) is 7.65. The highest BCUT2D eigenvalue weighted by atomic mass is 16.2. The molecule has 0 aromatic heterocycles. The summed E-state index contributed by atoms with van der Waals surface area (Å²) in [5.74, 6) is 0.0840. The number of piperazine rings is 1. The molecule has 118 valence electrons. The third-order valence-corrected chi connectivity index (χ3v) is 4.99. The van der Waals surface area contributed by atoms with Gasteiger partial charge in [0.15, 0.2) is 0 Å². The number of rotatable bonds is 3. The van der Waals surface area contributed by atoms with Crippen molar-refractivity contribution in [2.45, 2.75) is 38.1 Å². The topological polar surface area (TPSA) is 40.6 Å². The van der Waals surface area contributed by atoms with Gasteiger partial charge in [0.25, 0.3) is 5.91 Å². The van der Waals surface area contributed by atoms with E-state index in [0.29, 0.717) is 11.1 Å². The predicted molar refractivity (Wildman–Crippen MR) is 86.2 cm³/mol. The molecule has 1 saturated heterocycles. The first-order valence-electron chi connectivity index (χ1n) is 8.36. The summed E-state index contributed by atoms with van der Waals surface area (Å²) in [7, 11) is 0. The Morgan fingerprint density at radius 3 is 2.18 bits per heavy atom. The second-order valence-corrected chi connectivity index (χ2v) is 6.36. The Labute approximate surface area is 132 Å². The van der Waals surface area contributed by atoms with Crippen LogP contribution >= 0.6 is 0 Å². The Balaban J connectivity index is 1.55. The quantitative estimate of drug-likeness (QED) is 0.806. The highest BCUT2D eigenvalue weighted by molar-refractivity contribution is 5.95. The molecule has 1 aromatic rings. The lowest BCUT2D eigenvalue weighted by Gasteiger charge is -2.40. The number of hydrogen-bond donors (Lipinski definition) is 0. The van der Waals surface area contributed by atoms with E-state index < -0.39 is 0 Å². The molecule has 0 unspecified atom stereocenters. The van der Waals surface area contributed by atoms with Gasteiger partial charge in [-0.2, -0.15) is 0 Å². The van der Waals surface area contributed by atoms with E-state index in [0.717, 1.165) is 38.5 Å². The molecule has 1 aromatic carbocycles. The van der Waals surface area contributed by atoms with Gasteiger partial charge in [0.1, 0.15) is 6.29 Å². The van der Waals surface area contributed by atoms with Crippen LogP contribution in [0.5, 0.6) is 0 Å². The van der Waals surface area contributed by atoms with Crippen molar-refractivity contribution < 1.29 is 9.59 Å². The van der Waals surface area contributed by atoms with Gasteiger partial charge < -0.3 is 4.90 Å². The first-order chi connectivity index (χ1) is 10.8. The Morgan fingerprint density at radius 1 is 0.955 bits per heavy atom. The summed E-state index contributed by atoms with van der Waals surface area (Å²) in [4.78, 5) is 27.7. The second kappa shape index (κ2) is 7.05. The molecule has 0 radical (unpaired) electrons. The van der Waals surface area contributed by atoms with Crippen LogP contribution in [-0.2, 0) is 0 Å². The zero-order valence-electron chi connectivity index (χ0n) is 13.0. The molecule has 0 bridgehead atoms. The highest BCUT2D eigenvalue weighted by Gasteiger charge is 2.27. The van der Waals surface area contributed by atoms with Crippen LogP contribution in [0.25, 0.3) is 0 Å². The maximum atomic E-state index is 12.5. The Morgan fingerprint density at radius 2 is 1.59 bits per heavy atom. The fourth-order valence-corrected chi connectivity index (χ4v) is 3.62. The van der Waals surface area contributed by atoms with Crippen molar-refractivity contribution in [3.8, 4) is 0 Å². The Bertz CT molecular complexity index is 512. The van der Waals surface area contributed by atoms with Gasteiger partial charge in [-0.3, -0.25) is 14.5 Å². The van der Waals surface area contributed by atoms with Gasteiger partial charge >= 0.3 is 0 Å². The molecule has 1 heterocycles. The van der Waals surface area contributed by atoms with Crippen molar-refractivity contribution in [3.05, 3.63) is 35.4 Å². The molecule has 3 rings (SSSR count). The molecule has 2 fully saturated rings. The van der Waals surface area contributed by atoms with E-state index in [1.165, 1.54) is 32.1 Å². The molecule has 4 nitrogen and oxygen atoms in total. The van der Waals surface area contributed by atoms with Gasteiger partial charge in [0, 0.05) is 43.3 Å². The van der Waals surface area contributed by atoms with E-state index in [-0.39, 0.29) is 5.91 Å². The number of benzene rings is 1. The van der Waals surface area contributed by atoms with Crippen LogP contribution in [0.1, 0.15) is 52.8 Å². The lowest BCUT2D eigenvalue weighted by Crippen LogP contribution is -2.52. The lowest BCUT2D eigenvalue weighted by molar-refractivity contribution is 0.0523. The zero-order valence-corrected chi connectivity index (χ0v) is 13.0. The molecule has 1 aliphatic carbocycles. The monoisotopic (exact) mass is 300 g/mol. The summed E-state index contributed by atoms with van der Waals surface area (Å²) in [6.45, 7) is 3.60. The Hall–Kier alpha value is -1.68. The van der Waals surface area contributed by atoms with Crippen LogP contribution in [0.2, 0.25) is 0 Å². The zero-order chi connectivity index (χ0) is 15.4. The minimum Gasteiger partial charge on any atom is -0.336 e. The SMILES string of the molecule is O=Cc1ccc(C(=O)N2CCN(C3CCCCC3)CC2)cc1. The van der Waals surface area contributed by atoms with Crippen molar-refractivity contribution in [2.75, 3.05) is 26.2 Å². The predicted octanol–water partition coefficient (Wildman–Crippen LogP) is 2.59. The third kappa shape index (κ3) is 3.38. The van der Waals surface area contributed by atoms with Gasteiger partial charge in [0.2, 0.25) is 0 Å². The van der Waals surface area contributed by atoms with E-state index in [1.807, 2.05) is 4.90 Å². The Kier molecular flexibility index (Phi) is 4.88. The van der Waals surface area contributed by atoms with Gasteiger partial charge in [-0.1, -0.05) is 31.4 Å². The molecule has 22 heavy (non-hydrogen) atoms. The minimum absolute atomic E-state index is 0.0840. The molecule has 0 spiro atoms. The maximum Gasteiger partial charge on any atom is 0.253 e. The number of carbonyl (C=O) groups is 2. The van der Waals surface area contributed by atoms with Crippen molar-refractivity contribution in [1.29, 1.82) is 0 Å². The van der Waals surface area contributed by atoms with E-state index >= 15 is 0 Å². The van der Waals surface area contributed by atoms with Crippen LogP contribution in [-0.4, -0.2) is 54.2 Å². The molecule has 2 aliphatic rings. The minimum atomic E-state index is 0.0840. The van der Waals surface area contributed by atoms with Crippen LogP contribution in [0.3, 0.4) is 0 Å². The van der Waals surface area contributed by atoms with E-state index in [4.69, 9.17) is 0 Å². The van der Waals surface area contributed by atoms with Crippen LogP contribution in [0.15, 0.2) is 24.3 Å².